The van der Waals surface area contributed by atoms with Crippen LogP contribution in [0.2, 0.25) is 0 Å². The lowest BCUT2D eigenvalue weighted by Crippen LogP contribution is -2.10. The number of hydrogen-bond donors (Lipinski definition) is 0. The number of rotatable bonds is 3. The van der Waals surface area contributed by atoms with Crippen LogP contribution in [0, 0.1) is 19.7 Å². The van der Waals surface area contributed by atoms with E-state index in [1.807, 2.05) is 0 Å². The Kier molecular flexibility index (Phi) is 2.76. The Bertz CT molecular complexity index is 515. The summed E-state index contributed by atoms with van der Waals surface area (Å²) in [5.41, 5.74) is 1.31. The Morgan fingerprint density at radius 3 is 2.59 bits per heavy atom. The quantitative estimate of drug-likeness (QED) is 0.597. The first-order valence-corrected chi connectivity index (χ1v) is 5.49. The Balaban J connectivity index is 2.71. The van der Waals surface area contributed by atoms with Gasteiger partial charge < -0.3 is 4.74 Å². The molecule has 0 heterocycles. The van der Waals surface area contributed by atoms with Crippen LogP contribution in [-0.2, 0) is 10.3 Å². The van der Waals surface area contributed by atoms with Crippen LogP contribution in [0.25, 0.3) is 0 Å². The van der Waals surface area contributed by atoms with E-state index in [4.69, 9.17) is 4.74 Å². The SMILES string of the molecule is COc1c(C)cc(F)c(C)c1C1(N=C=O)CC1. The largest absolute Gasteiger partial charge is 0.496 e. The molecule has 0 bridgehead atoms. The van der Waals surface area contributed by atoms with Crippen LogP contribution in [-0.4, -0.2) is 13.2 Å². The summed E-state index contributed by atoms with van der Waals surface area (Å²) in [6, 6.07) is 1.44. The van der Waals surface area contributed by atoms with Crippen LogP contribution < -0.4 is 4.74 Å². The Morgan fingerprint density at radius 1 is 1.47 bits per heavy atom. The second kappa shape index (κ2) is 3.97. The van der Waals surface area contributed by atoms with E-state index in [1.54, 1.807) is 27.0 Å². The van der Waals surface area contributed by atoms with Crippen LogP contribution in [0.15, 0.2) is 11.1 Å². The van der Waals surface area contributed by atoms with E-state index in [0.717, 1.165) is 18.4 Å². The second-order valence-corrected chi connectivity index (χ2v) is 4.44. The molecule has 1 saturated carbocycles. The molecule has 1 aromatic rings. The number of hydrogen-bond acceptors (Lipinski definition) is 3. The summed E-state index contributed by atoms with van der Waals surface area (Å²) in [5.74, 6) is 0.339. The molecule has 0 N–H and O–H groups in total. The maximum absolute atomic E-state index is 13.8. The molecule has 90 valence electrons. The van der Waals surface area contributed by atoms with Gasteiger partial charge in [-0.2, -0.15) is 4.99 Å². The number of halogens is 1. The number of methoxy groups -OCH3 is 1. The van der Waals surface area contributed by atoms with Gasteiger partial charge in [-0.15, -0.1) is 0 Å². The first kappa shape index (κ1) is 11.8. The molecule has 0 spiro atoms. The summed E-state index contributed by atoms with van der Waals surface area (Å²) in [6.45, 7) is 3.47. The van der Waals surface area contributed by atoms with E-state index in [1.165, 1.54) is 6.07 Å². The van der Waals surface area contributed by atoms with Crippen molar-refractivity contribution in [3.05, 3.63) is 28.6 Å². The fourth-order valence-electron chi connectivity index (χ4n) is 2.30. The van der Waals surface area contributed by atoms with Gasteiger partial charge in [0.2, 0.25) is 6.08 Å². The number of isocyanates is 1. The highest BCUT2D eigenvalue weighted by atomic mass is 19.1. The monoisotopic (exact) mass is 235 g/mol. The van der Waals surface area contributed by atoms with Gasteiger partial charge in [0.25, 0.3) is 0 Å². The third-order valence-electron chi connectivity index (χ3n) is 3.31. The summed E-state index contributed by atoms with van der Waals surface area (Å²) in [7, 11) is 1.55. The predicted molar refractivity (Wildman–Crippen MR) is 61.5 cm³/mol. The zero-order chi connectivity index (χ0) is 12.6. The molecule has 1 aliphatic rings. The van der Waals surface area contributed by atoms with Crippen molar-refractivity contribution in [1.29, 1.82) is 0 Å². The summed E-state index contributed by atoms with van der Waals surface area (Å²) in [4.78, 5) is 14.3. The van der Waals surface area contributed by atoms with Gasteiger partial charge >= 0.3 is 0 Å². The van der Waals surface area contributed by atoms with E-state index in [2.05, 4.69) is 4.99 Å². The molecular formula is C13H14FNO2. The van der Waals surface area contributed by atoms with Gasteiger partial charge in [0.15, 0.2) is 0 Å². The molecule has 17 heavy (non-hydrogen) atoms. The Morgan fingerprint density at radius 2 is 2.12 bits per heavy atom. The van der Waals surface area contributed by atoms with E-state index in [9.17, 15) is 9.18 Å². The maximum Gasteiger partial charge on any atom is 0.235 e. The van der Waals surface area contributed by atoms with Gasteiger partial charge in [0.05, 0.1) is 7.11 Å². The van der Waals surface area contributed by atoms with Crippen molar-refractivity contribution in [2.45, 2.75) is 32.2 Å². The highest BCUT2D eigenvalue weighted by molar-refractivity contribution is 5.54. The maximum atomic E-state index is 13.8. The van der Waals surface area contributed by atoms with Crippen molar-refractivity contribution >= 4 is 6.08 Å². The summed E-state index contributed by atoms with van der Waals surface area (Å²) in [6.07, 6.45) is 3.06. The van der Waals surface area contributed by atoms with Crippen molar-refractivity contribution < 1.29 is 13.9 Å². The molecule has 4 heteroatoms. The number of nitrogens with zero attached hydrogens (tertiary/aromatic N) is 1. The van der Waals surface area contributed by atoms with E-state index >= 15 is 0 Å². The molecule has 0 atom stereocenters. The van der Waals surface area contributed by atoms with Gasteiger partial charge in [-0.05, 0) is 43.9 Å². The number of carbonyl (C=O) groups excluding carboxylic acids is 1. The first-order chi connectivity index (χ1) is 8.05. The normalized spacial score (nSPS) is 16.2. The lowest BCUT2D eigenvalue weighted by atomic mass is 9.95. The lowest BCUT2D eigenvalue weighted by Gasteiger charge is -2.19. The molecule has 0 amide bonds. The zero-order valence-electron chi connectivity index (χ0n) is 10.1. The zero-order valence-corrected chi connectivity index (χ0v) is 10.1. The number of benzene rings is 1. The molecule has 2 rings (SSSR count). The minimum Gasteiger partial charge on any atom is -0.496 e. The fraction of sp³-hybridized carbons (Fsp3) is 0.462. The summed E-state index contributed by atoms with van der Waals surface area (Å²) >= 11 is 0. The lowest BCUT2D eigenvalue weighted by molar-refractivity contribution is 0.398. The number of aliphatic imine (C=N–C) groups is 1. The van der Waals surface area contributed by atoms with Gasteiger partial charge in [0.1, 0.15) is 17.1 Å². The van der Waals surface area contributed by atoms with E-state index in [0.29, 0.717) is 16.9 Å². The Labute approximate surface area is 99.3 Å². The molecule has 0 saturated heterocycles. The minimum absolute atomic E-state index is 0.286. The average Bonchev–Trinajstić information content (AvgIpc) is 3.04. The summed E-state index contributed by atoms with van der Waals surface area (Å²) in [5, 5.41) is 0. The number of aryl methyl sites for hydroxylation is 1. The molecule has 0 aromatic heterocycles. The van der Waals surface area contributed by atoms with E-state index in [-0.39, 0.29) is 5.82 Å². The van der Waals surface area contributed by atoms with Crippen molar-refractivity contribution in [2.24, 2.45) is 4.99 Å². The second-order valence-electron chi connectivity index (χ2n) is 4.44. The van der Waals surface area contributed by atoms with Gasteiger partial charge in [0, 0.05) is 5.56 Å². The standard InChI is InChI=1S/C13H14FNO2/c1-8-6-10(14)9(2)11(12(8)17-3)13(4-5-13)15-7-16/h6H,4-5H2,1-3H3. The van der Waals surface area contributed by atoms with Crippen molar-refractivity contribution in [1.82, 2.24) is 0 Å². The molecule has 0 aliphatic heterocycles. The number of ether oxygens (including phenoxy) is 1. The Hall–Kier alpha value is -1.67. The molecule has 0 radical (unpaired) electrons. The van der Waals surface area contributed by atoms with Crippen LogP contribution in [0.1, 0.15) is 29.5 Å². The van der Waals surface area contributed by atoms with Crippen LogP contribution in [0.5, 0.6) is 5.75 Å². The fourth-order valence-corrected chi connectivity index (χ4v) is 2.30. The first-order valence-electron chi connectivity index (χ1n) is 5.49. The molecule has 1 aromatic carbocycles. The third kappa shape index (κ3) is 1.75. The molecule has 3 nitrogen and oxygen atoms in total. The van der Waals surface area contributed by atoms with Crippen molar-refractivity contribution in [2.75, 3.05) is 7.11 Å². The minimum atomic E-state index is -0.607. The van der Waals surface area contributed by atoms with Crippen LogP contribution >= 0.6 is 0 Å². The highest BCUT2D eigenvalue weighted by Crippen LogP contribution is 2.54. The summed E-state index contributed by atoms with van der Waals surface area (Å²) < 4.78 is 19.1. The molecule has 1 aliphatic carbocycles. The average molecular weight is 235 g/mol. The van der Waals surface area contributed by atoms with Crippen molar-refractivity contribution in [3.8, 4) is 5.75 Å². The molecule has 1 fully saturated rings. The van der Waals surface area contributed by atoms with Crippen molar-refractivity contribution in [3.63, 3.8) is 0 Å². The van der Waals surface area contributed by atoms with E-state index < -0.39 is 5.54 Å². The molecular weight excluding hydrogens is 221 g/mol. The van der Waals surface area contributed by atoms with Gasteiger partial charge in [-0.25, -0.2) is 9.18 Å². The van der Waals surface area contributed by atoms with Crippen LogP contribution in [0.3, 0.4) is 0 Å². The third-order valence-corrected chi connectivity index (χ3v) is 3.31. The topological polar surface area (TPSA) is 38.7 Å². The highest BCUT2D eigenvalue weighted by Gasteiger charge is 2.48. The van der Waals surface area contributed by atoms with Gasteiger partial charge in [-0.3, -0.25) is 0 Å². The molecule has 0 unspecified atom stereocenters. The predicted octanol–water partition coefficient (Wildman–Crippen LogP) is 2.78. The van der Waals surface area contributed by atoms with Gasteiger partial charge in [-0.1, -0.05) is 0 Å². The smallest absolute Gasteiger partial charge is 0.235 e. The van der Waals surface area contributed by atoms with Crippen LogP contribution in [0.4, 0.5) is 4.39 Å².